The molecule has 1 saturated heterocycles. The molecule has 0 amide bonds. The van der Waals surface area contributed by atoms with Gasteiger partial charge < -0.3 is 19.7 Å². The lowest BCUT2D eigenvalue weighted by Crippen LogP contribution is -2.41. The molecule has 4 rings (SSSR count). The maximum absolute atomic E-state index is 13.0. The van der Waals surface area contributed by atoms with Crippen LogP contribution in [0.4, 0.5) is 5.69 Å². The number of hydrogen-bond donors (Lipinski definition) is 2. The summed E-state index contributed by atoms with van der Waals surface area (Å²) in [5, 5.41) is 13.0. The van der Waals surface area contributed by atoms with Crippen molar-refractivity contribution in [3.8, 4) is 0 Å². The molecule has 0 bridgehead atoms. The quantitative estimate of drug-likeness (QED) is 0.376. The normalized spacial score (nSPS) is 17.1. The highest BCUT2D eigenvalue weighted by Crippen LogP contribution is 2.36. The monoisotopic (exact) mass is 471 g/mol. The minimum Gasteiger partial charge on any atom is -0.480 e. The zero-order valence-corrected chi connectivity index (χ0v) is 20.4. The van der Waals surface area contributed by atoms with Crippen molar-refractivity contribution in [3.63, 3.8) is 0 Å². The minimum atomic E-state index is -0.998. The van der Waals surface area contributed by atoms with E-state index in [0.29, 0.717) is 16.8 Å². The number of carboxylic acids is 1. The lowest BCUT2D eigenvalue weighted by atomic mass is 9.78. The van der Waals surface area contributed by atoms with Crippen LogP contribution in [0.25, 0.3) is 0 Å². The van der Waals surface area contributed by atoms with Crippen molar-refractivity contribution in [1.82, 2.24) is 0 Å². The number of benzene rings is 3. The SMILES string of the molecule is CC1(C)OB(c2ccc(CC(Nc3ccccc3C(=O)c3ccccc3)C(=O)O)cc2)OC1(C)C. The van der Waals surface area contributed by atoms with Gasteiger partial charge in [0.05, 0.1) is 11.2 Å². The van der Waals surface area contributed by atoms with Crippen LogP contribution in [0.3, 0.4) is 0 Å². The van der Waals surface area contributed by atoms with Crippen molar-refractivity contribution in [3.05, 3.63) is 95.6 Å². The number of ketones is 1. The number of nitrogens with one attached hydrogen (secondary N) is 1. The van der Waals surface area contributed by atoms with Crippen LogP contribution in [0, 0.1) is 0 Å². The lowest BCUT2D eigenvalue weighted by molar-refractivity contribution is -0.137. The van der Waals surface area contributed by atoms with Crippen LogP contribution < -0.4 is 10.8 Å². The van der Waals surface area contributed by atoms with E-state index in [1.807, 2.05) is 58.0 Å². The summed E-state index contributed by atoms with van der Waals surface area (Å²) in [6.45, 7) is 8.02. The third-order valence-corrected chi connectivity index (χ3v) is 6.78. The maximum Gasteiger partial charge on any atom is 0.494 e. The molecule has 2 N–H and O–H groups in total. The first-order chi connectivity index (χ1) is 16.6. The van der Waals surface area contributed by atoms with Gasteiger partial charge in [-0.25, -0.2) is 4.79 Å². The van der Waals surface area contributed by atoms with E-state index < -0.39 is 30.3 Å². The Morgan fingerprint density at radius 3 is 2.03 bits per heavy atom. The molecule has 0 saturated carbocycles. The Bertz CT molecular complexity index is 1190. The summed E-state index contributed by atoms with van der Waals surface area (Å²) >= 11 is 0. The first-order valence-corrected chi connectivity index (χ1v) is 11.7. The standard InChI is InChI=1S/C28H30BNO5/c1-27(2)28(3,4)35-29(34-27)21-16-14-19(15-17-21)18-24(26(32)33)30-23-13-9-8-12-22(23)25(31)20-10-6-5-7-11-20/h5-17,24,30H,18H2,1-4H3,(H,32,33). The van der Waals surface area contributed by atoms with Gasteiger partial charge in [-0.2, -0.15) is 0 Å². The van der Waals surface area contributed by atoms with Crippen molar-refractivity contribution in [2.75, 3.05) is 5.32 Å². The molecule has 1 unspecified atom stereocenters. The van der Waals surface area contributed by atoms with Crippen molar-refractivity contribution >= 4 is 30.0 Å². The fourth-order valence-electron chi connectivity index (χ4n) is 3.97. The molecule has 1 atom stereocenters. The number of anilines is 1. The molecule has 3 aromatic rings. The smallest absolute Gasteiger partial charge is 0.480 e. The number of hydrogen-bond acceptors (Lipinski definition) is 5. The Morgan fingerprint density at radius 2 is 1.43 bits per heavy atom. The van der Waals surface area contributed by atoms with Crippen molar-refractivity contribution in [2.24, 2.45) is 0 Å². The minimum absolute atomic E-state index is 0.162. The molecule has 0 aromatic heterocycles. The molecule has 3 aromatic carbocycles. The zero-order chi connectivity index (χ0) is 25.2. The summed E-state index contributed by atoms with van der Waals surface area (Å²) in [5.74, 6) is -1.16. The Kier molecular flexibility index (Phi) is 6.83. The summed E-state index contributed by atoms with van der Waals surface area (Å²) in [5.41, 5.74) is 2.33. The number of para-hydroxylation sites is 1. The van der Waals surface area contributed by atoms with Crippen molar-refractivity contribution < 1.29 is 24.0 Å². The van der Waals surface area contributed by atoms with Crippen LogP contribution in [-0.4, -0.2) is 41.2 Å². The molecule has 35 heavy (non-hydrogen) atoms. The van der Waals surface area contributed by atoms with Gasteiger partial charge in [0.25, 0.3) is 0 Å². The summed E-state index contributed by atoms with van der Waals surface area (Å²) in [6, 6.07) is 22.6. The van der Waals surface area contributed by atoms with E-state index >= 15 is 0 Å². The van der Waals surface area contributed by atoms with Crippen molar-refractivity contribution in [1.29, 1.82) is 0 Å². The van der Waals surface area contributed by atoms with Gasteiger partial charge in [0.1, 0.15) is 6.04 Å². The molecule has 180 valence electrons. The van der Waals surface area contributed by atoms with Crippen LogP contribution in [0.15, 0.2) is 78.9 Å². The van der Waals surface area contributed by atoms with Crippen molar-refractivity contribution in [2.45, 2.75) is 51.4 Å². The topological polar surface area (TPSA) is 84.9 Å². The van der Waals surface area contributed by atoms with Gasteiger partial charge in [-0.3, -0.25) is 4.79 Å². The second-order valence-electron chi connectivity index (χ2n) is 9.81. The molecule has 0 radical (unpaired) electrons. The molecular weight excluding hydrogens is 441 g/mol. The molecule has 1 fully saturated rings. The molecular formula is C28H30BNO5. The van der Waals surface area contributed by atoms with E-state index in [1.165, 1.54) is 0 Å². The summed E-state index contributed by atoms with van der Waals surface area (Å²) < 4.78 is 12.2. The van der Waals surface area contributed by atoms with Gasteiger partial charge in [-0.05, 0) is 50.9 Å². The summed E-state index contributed by atoms with van der Waals surface area (Å²) in [4.78, 5) is 25.1. The Labute approximate surface area is 206 Å². The fourth-order valence-corrected chi connectivity index (χ4v) is 3.97. The van der Waals surface area contributed by atoms with E-state index in [4.69, 9.17) is 9.31 Å². The molecule has 6 nitrogen and oxygen atoms in total. The third kappa shape index (κ3) is 5.31. The Balaban J connectivity index is 1.50. The largest absolute Gasteiger partial charge is 0.494 e. The average Bonchev–Trinajstić information content (AvgIpc) is 3.06. The molecule has 0 spiro atoms. The van der Waals surface area contributed by atoms with Gasteiger partial charge in [0.2, 0.25) is 0 Å². The number of carboxylic acid groups (broad SMARTS) is 1. The van der Waals surface area contributed by atoms with Crippen LogP contribution in [0.5, 0.6) is 0 Å². The molecule has 0 aliphatic carbocycles. The van der Waals surface area contributed by atoms with Gasteiger partial charge in [0, 0.05) is 23.2 Å². The van der Waals surface area contributed by atoms with E-state index in [-0.39, 0.29) is 12.2 Å². The zero-order valence-electron chi connectivity index (χ0n) is 20.4. The molecule has 1 heterocycles. The van der Waals surface area contributed by atoms with Crippen LogP contribution in [0.2, 0.25) is 0 Å². The van der Waals surface area contributed by atoms with Crippen LogP contribution in [0.1, 0.15) is 49.2 Å². The second-order valence-corrected chi connectivity index (χ2v) is 9.81. The first-order valence-electron chi connectivity index (χ1n) is 11.7. The molecule has 1 aliphatic heterocycles. The number of carbonyl (C=O) groups is 2. The highest BCUT2D eigenvalue weighted by molar-refractivity contribution is 6.62. The van der Waals surface area contributed by atoms with Gasteiger partial charge in [0.15, 0.2) is 5.78 Å². The third-order valence-electron chi connectivity index (χ3n) is 6.78. The van der Waals surface area contributed by atoms with Crippen LogP contribution >= 0.6 is 0 Å². The maximum atomic E-state index is 13.0. The fraction of sp³-hybridized carbons (Fsp3) is 0.286. The van der Waals surface area contributed by atoms with E-state index in [9.17, 15) is 14.7 Å². The Hall–Kier alpha value is -3.42. The number of carbonyl (C=O) groups excluding carboxylic acids is 1. The predicted octanol–water partition coefficient (Wildman–Crippen LogP) is 4.32. The highest BCUT2D eigenvalue weighted by atomic mass is 16.7. The van der Waals surface area contributed by atoms with Gasteiger partial charge in [-0.15, -0.1) is 0 Å². The van der Waals surface area contributed by atoms with E-state index in [2.05, 4.69) is 5.32 Å². The first kappa shape index (κ1) is 24.7. The van der Waals surface area contributed by atoms with E-state index in [0.717, 1.165) is 11.0 Å². The Morgan fingerprint density at radius 1 is 0.857 bits per heavy atom. The number of aliphatic carboxylic acids is 1. The second kappa shape index (κ2) is 9.68. The van der Waals surface area contributed by atoms with Crippen LogP contribution in [-0.2, 0) is 20.5 Å². The average molecular weight is 471 g/mol. The summed E-state index contributed by atoms with van der Waals surface area (Å²) in [6.07, 6.45) is 0.243. The molecule has 1 aliphatic rings. The summed E-state index contributed by atoms with van der Waals surface area (Å²) in [7, 11) is -0.474. The molecule has 7 heteroatoms. The predicted molar refractivity (Wildman–Crippen MR) is 137 cm³/mol. The number of rotatable bonds is 8. The van der Waals surface area contributed by atoms with Gasteiger partial charge in [-0.1, -0.05) is 66.7 Å². The van der Waals surface area contributed by atoms with E-state index in [1.54, 1.807) is 48.5 Å². The van der Waals surface area contributed by atoms with Gasteiger partial charge >= 0.3 is 13.1 Å². The highest BCUT2D eigenvalue weighted by Gasteiger charge is 2.51. The lowest BCUT2D eigenvalue weighted by Gasteiger charge is -2.32.